The molecule has 0 spiro atoms. The SMILES string of the molecule is Cc1csc(CC(NN)c2ccc(C)c(C)c2)n1. The maximum Gasteiger partial charge on any atom is 0.0947 e. The lowest BCUT2D eigenvalue weighted by atomic mass is 9.99. The van der Waals surface area contributed by atoms with Crippen LogP contribution in [0.4, 0.5) is 0 Å². The van der Waals surface area contributed by atoms with Crippen LogP contribution in [0.2, 0.25) is 0 Å². The molecule has 0 radical (unpaired) electrons. The highest BCUT2D eigenvalue weighted by Crippen LogP contribution is 2.22. The third-order valence-corrected chi connectivity index (χ3v) is 4.17. The first-order valence-electron chi connectivity index (χ1n) is 6.04. The number of thiazole rings is 1. The topological polar surface area (TPSA) is 50.9 Å². The lowest BCUT2D eigenvalue weighted by molar-refractivity contribution is 0.550. The van der Waals surface area contributed by atoms with Crippen molar-refractivity contribution < 1.29 is 0 Å². The Bertz CT molecular complexity index is 534. The molecule has 1 aromatic heterocycles. The molecular formula is C14H19N3S. The number of aromatic nitrogens is 1. The summed E-state index contributed by atoms with van der Waals surface area (Å²) in [6, 6.07) is 6.59. The van der Waals surface area contributed by atoms with E-state index in [4.69, 9.17) is 5.84 Å². The number of hydrogen-bond acceptors (Lipinski definition) is 4. The lowest BCUT2D eigenvalue weighted by Crippen LogP contribution is -2.29. The van der Waals surface area contributed by atoms with Crippen LogP contribution in [0.3, 0.4) is 0 Å². The number of nitrogens with zero attached hydrogens (tertiary/aromatic N) is 1. The standard InChI is InChI=1S/C14H19N3S/c1-9-4-5-12(6-10(9)2)13(17-15)7-14-16-11(3)8-18-14/h4-6,8,13,17H,7,15H2,1-3H3. The number of hydrazine groups is 1. The number of hydrogen-bond donors (Lipinski definition) is 2. The zero-order chi connectivity index (χ0) is 13.1. The minimum atomic E-state index is 0.120. The summed E-state index contributed by atoms with van der Waals surface area (Å²) < 4.78 is 0. The third-order valence-electron chi connectivity index (χ3n) is 3.18. The predicted octanol–water partition coefficient (Wildman–Crippen LogP) is 2.82. The Hall–Kier alpha value is -1.23. The Morgan fingerprint density at radius 3 is 2.61 bits per heavy atom. The molecule has 0 aliphatic heterocycles. The molecule has 3 nitrogen and oxygen atoms in total. The number of rotatable bonds is 4. The number of nitrogens with two attached hydrogens (primary N) is 1. The van der Waals surface area contributed by atoms with Crippen LogP contribution in [0, 0.1) is 20.8 Å². The Kier molecular flexibility index (Phi) is 4.11. The molecule has 1 aromatic carbocycles. The van der Waals surface area contributed by atoms with E-state index >= 15 is 0 Å². The van der Waals surface area contributed by atoms with Crippen molar-refractivity contribution in [2.75, 3.05) is 0 Å². The van der Waals surface area contributed by atoms with Crippen LogP contribution in [0.15, 0.2) is 23.6 Å². The van der Waals surface area contributed by atoms with E-state index in [9.17, 15) is 0 Å². The van der Waals surface area contributed by atoms with E-state index in [0.717, 1.165) is 17.1 Å². The van der Waals surface area contributed by atoms with E-state index in [-0.39, 0.29) is 6.04 Å². The molecule has 1 heterocycles. The van der Waals surface area contributed by atoms with E-state index < -0.39 is 0 Å². The van der Waals surface area contributed by atoms with Crippen molar-refractivity contribution in [2.45, 2.75) is 33.2 Å². The Balaban J connectivity index is 2.19. The Labute approximate surface area is 112 Å². The van der Waals surface area contributed by atoms with Crippen LogP contribution >= 0.6 is 11.3 Å². The highest BCUT2D eigenvalue weighted by molar-refractivity contribution is 7.09. The maximum atomic E-state index is 5.67. The normalized spacial score (nSPS) is 12.7. The van der Waals surface area contributed by atoms with Gasteiger partial charge in [0.25, 0.3) is 0 Å². The van der Waals surface area contributed by atoms with Crippen molar-refractivity contribution in [1.82, 2.24) is 10.4 Å². The summed E-state index contributed by atoms with van der Waals surface area (Å²) in [5.41, 5.74) is 7.78. The quantitative estimate of drug-likeness (QED) is 0.657. The highest BCUT2D eigenvalue weighted by Gasteiger charge is 2.13. The van der Waals surface area contributed by atoms with Crippen molar-refractivity contribution in [3.8, 4) is 0 Å². The molecule has 2 rings (SSSR count). The Morgan fingerprint density at radius 2 is 2.06 bits per heavy atom. The third kappa shape index (κ3) is 2.96. The molecule has 1 unspecified atom stereocenters. The molecule has 0 fully saturated rings. The molecule has 0 amide bonds. The van der Waals surface area contributed by atoms with Crippen LogP contribution in [0.1, 0.15) is 33.4 Å². The van der Waals surface area contributed by atoms with Gasteiger partial charge in [0.1, 0.15) is 0 Å². The summed E-state index contributed by atoms with van der Waals surface area (Å²) in [5, 5.41) is 3.19. The summed E-state index contributed by atoms with van der Waals surface area (Å²) in [7, 11) is 0. The molecular weight excluding hydrogens is 242 g/mol. The smallest absolute Gasteiger partial charge is 0.0947 e. The maximum absolute atomic E-state index is 5.67. The second-order valence-corrected chi connectivity index (χ2v) is 5.59. The number of nitrogens with one attached hydrogen (secondary N) is 1. The zero-order valence-electron chi connectivity index (χ0n) is 11.0. The molecule has 4 heteroatoms. The minimum absolute atomic E-state index is 0.120. The highest BCUT2D eigenvalue weighted by atomic mass is 32.1. The van der Waals surface area contributed by atoms with E-state index in [1.54, 1.807) is 11.3 Å². The van der Waals surface area contributed by atoms with Gasteiger partial charge in [-0.2, -0.15) is 0 Å². The second-order valence-electron chi connectivity index (χ2n) is 4.65. The van der Waals surface area contributed by atoms with Crippen molar-refractivity contribution >= 4 is 11.3 Å². The molecule has 2 aromatic rings. The van der Waals surface area contributed by atoms with Gasteiger partial charge in [-0.3, -0.25) is 11.3 Å². The van der Waals surface area contributed by atoms with Crippen LogP contribution in [0.25, 0.3) is 0 Å². The fourth-order valence-corrected chi connectivity index (χ4v) is 2.74. The number of benzene rings is 1. The summed E-state index contributed by atoms with van der Waals surface area (Å²) in [4.78, 5) is 4.49. The average Bonchev–Trinajstić information content (AvgIpc) is 2.75. The summed E-state index contributed by atoms with van der Waals surface area (Å²) >= 11 is 1.69. The van der Waals surface area contributed by atoms with E-state index in [2.05, 4.69) is 47.8 Å². The van der Waals surface area contributed by atoms with Gasteiger partial charge in [-0.25, -0.2) is 4.98 Å². The van der Waals surface area contributed by atoms with Gasteiger partial charge in [0, 0.05) is 17.5 Å². The van der Waals surface area contributed by atoms with Crippen molar-refractivity contribution in [1.29, 1.82) is 0 Å². The van der Waals surface area contributed by atoms with Crippen molar-refractivity contribution in [2.24, 2.45) is 5.84 Å². The van der Waals surface area contributed by atoms with Crippen molar-refractivity contribution in [3.63, 3.8) is 0 Å². The first kappa shape index (κ1) is 13.2. The molecule has 3 N–H and O–H groups in total. The van der Waals surface area contributed by atoms with Gasteiger partial charge in [0.05, 0.1) is 11.0 Å². The molecule has 0 saturated heterocycles. The zero-order valence-corrected chi connectivity index (χ0v) is 11.8. The molecule has 18 heavy (non-hydrogen) atoms. The second kappa shape index (κ2) is 5.61. The fraction of sp³-hybridized carbons (Fsp3) is 0.357. The van der Waals surface area contributed by atoms with Gasteiger partial charge >= 0.3 is 0 Å². The van der Waals surface area contributed by atoms with Crippen LogP contribution in [0.5, 0.6) is 0 Å². The van der Waals surface area contributed by atoms with Gasteiger partial charge in [-0.15, -0.1) is 11.3 Å². The number of aryl methyl sites for hydroxylation is 3. The van der Waals surface area contributed by atoms with Crippen LogP contribution in [-0.2, 0) is 6.42 Å². The van der Waals surface area contributed by atoms with Gasteiger partial charge in [-0.05, 0) is 37.5 Å². The monoisotopic (exact) mass is 261 g/mol. The van der Waals surface area contributed by atoms with Gasteiger partial charge in [0.15, 0.2) is 0 Å². The first-order valence-corrected chi connectivity index (χ1v) is 6.92. The first-order chi connectivity index (χ1) is 8.60. The van der Waals surface area contributed by atoms with E-state index in [0.29, 0.717) is 0 Å². The molecule has 0 aliphatic rings. The van der Waals surface area contributed by atoms with Gasteiger partial charge in [0.2, 0.25) is 0 Å². The largest absolute Gasteiger partial charge is 0.271 e. The molecule has 1 atom stereocenters. The Morgan fingerprint density at radius 1 is 1.28 bits per heavy atom. The van der Waals surface area contributed by atoms with E-state index in [1.165, 1.54) is 16.7 Å². The molecule has 96 valence electrons. The average molecular weight is 261 g/mol. The van der Waals surface area contributed by atoms with Crippen LogP contribution < -0.4 is 11.3 Å². The van der Waals surface area contributed by atoms with Gasteiger partial charge < -0.3 is 0 Å². The summed E-state index contributed by atoms with van der Waals surface area (Å²) in [6.07, 6.45) is 0.831. The van der Waals surface area contributed by atoms with Crippen molar-refractivity contribution in [3.05, 3.63) is 51.0 Å². The predicted molar refractivity (Wildman–Crippen MR) is 76.5 cm³/mol. The molecule has 0 bridgehead atoms. The molecule has 0 aliphatic carbocycles. The van der Waals surface area contributed by atoms with Crippen LogP contribution in [-0.4, -0.2) is 4.98 Å². The lowest BCUT2D eigenvalue weighted by Gasteiger charge is -2.16. The minimum Gasteiger partial charge on any atom is -0.271 e. The summed E-state index contributed by atoms with van der Waals surface area (Å²) in [6.45, 7) is 6.26. The summed E-state index contributed by atoms with van der Waals surface area (Å²) in [5.74, 6) is 5.67. The van der Waals surface area contributed by atoms with E-state index in [1.807, 2.05) is 6.92 Å². The molecule has 0 saturated carbocycles. The van der Waals surface area contributed by atoms with Gasteiger partial charge in [-0.1, -0.05) is 18.2 Å². The fourth-order valence-electron chi connectivity index (χ4n) is 1.93.